The molecule has 28 heavy (non-hydrogen) atoms. The lowest BCUT2D eigenvalue weighted by atomic mass is 10.1. The fourth-order valence-electron chi connectivity index (χ4n) is 3.00. The Labute approximate surface area is 162 Å². The molecule has 138 valence electrons. The van der Waals surface area contributed by atoms with E-state index in [-0.39, 0.29) is 18.1 Å². The molecule has 1 heterocycles. The highest BCUT2D eigenvalue weighted by atomic mass is 16.5. The lowest BCUT2D eigenvalue weighted by Gasteiger charge is -2.10. The topological polar surface area (TPSA) is 64.3 Å². The van der Waals surface area contributed by atoms with Crippen LogP contribution >= 0.6 is 0 Å². The first-order chi connectivity index (χ1) is 13.7. The molecule has 1 aromatic heterocycles. The third kappa shape index (κ3) is 3.50. The van der Waals surface area contributed by atoms with E-state index >= 15 is 0 Å². The number of aromatic carboxylic acids is 1. The summed E-state index contributed by atoms with van der Waals surface area (Å²) < 4.78 is 7.54. The van der Waals surface area contributed by atoms with Crippen LogP contribution in [-0.2, 0) is 6.61 Å². The number of ether oxygens (including phenoxy) is 1. The second-order valence-corrected chi connectivity index (χ2v) is 6.22. The van der Waals surface area contributed by atoms with Crippen molar-refractivity contribution >= 4 is 5.97 Å². The summed E-state index contributed by atoms with van der Waals surface area (Å²) in [5.41, 5.74) is 2.82. The van der Waals surface area contributed by atoms with E-state index in [4.69, 9.17) is 4.74 Å². The van der Waals surface area contributed by atoms with Gasteiger partial charge in [0.2, 0.25) is 5.88 Å². The minimum Gasteiger partial charge on any atom is -0.477 e. The highest BCUT2D eigenvalue weighted by Crippen LogP contribution is 2.33. The van der Waals surface area contributed by atoms with Crippen molar-refractivity contribution in [3.05, 3.63) is 102 Å². The predicted octanol–water partition coefficient (Wildman–Crippen LogP) is 4.82. The Morgan fingerprint density at radius 2 is 1.43 bits per heavy atom. The summed E-state index contributed by atoms with van der Waals surface area (Å²) in [7, 11) is 0. The number of rotatable bonds is 6. The number of benzene rings is 3. The summed E-state index contributed by atoms with van der Waals surface area (Å²) in [6, 6.07) is 28.3. The van der Waals surface area contributed by atoms with Crippen LogP contribution in [0.3, 0.4) is 0 Å². The Balaban J connectivity index is 1.85. The molecule has 0 bridgehead atoms. The van der Waals surface area contributed by atoms with Crippen molar-refractivity contribution < 1.29 is 14.6 Å². The van der Waals surface area contributed by atoms with Gasteiger partial charge >= 0.3 is 5.97 Å². The summed E-state index contributed by atoms with van der Waals surface area (Å²) in [4.78, 5) is 12.1. The maximum atomic E-state index is 12.1. The quantitative estimate of drug-likeness (QED) is 0.529. The molecule has 0 saturated heterocycles. The summed E-state index contributed by atoms with van der Waals surface area (Å²) in [5.74, 6) is -0.870. The lowest BCUT2D eigenvalue weighted by molar-refractivity contribution is 0.0692. The number of carboxylic acid groups (broad SMARTS) is 1. The van der Waals surface area contributed by atoms with E-state index in [1.165, 1.54) is 0 Å². The zero-order chi connectivity index (χ0) is 19.3. The van der Waals surface area contributed by atoms with Gasteiger partial charge in [-0.3, -0.25) is 0 Å². The van der Waals surface area contributed by atoms with Crippen molar-refractivity contribution in [2.75, 3.05) is 0 Å². The molecule has 0 spiro atoms. The number of nitrogens with zero attached hydrogens (tertiary/aromatic N) is 2. The average Bonchev–Trinajstić information content (AvgIpc) is 3.14. The van der Waals surface area contributed by atoms with Gasteiger partial charge in [0.1, 0.15) is 17.9 Å². The SMILES string of the molecule is O=C(O)c1c(-c2ccccc2)nn(-c2ccccc2)c1OCc1ccccc1. The highest BCUT2D eigenvalue weighted by molar-refractivity contribution is 5.97. The van der Waals surface area contributed by atoms with Gasteiger partial charge in [0.25, 0.3) is 0 Å². The van der Waals surface area contributed by atoms with Gasteiger partial charge in [-0.2, -0.15) is 9.78 Å². The molecule has 0 amide bonds. The van der Waals surface area contributed by atoms with Crippen molar-refractivity contribution in [2.24, 2.45) is 0 Å². The number of carboxylic acids is 1. The van der Waals surface area contributed by atoms with Crippen LogP contribution in [0, 0.1) is 0 Å². The Hall–Kier alpha value is -3.86. The highest BCUT2D eigenvalue weighted by Gasteiger charge is 2.26. The molecule has 5 heteroatoms. The number of para-hydroxylation sites is 1. The van der Waals surface area contributed by atoms with Gasteiger partial charge in [0.15, 0.2) is 0 Å². The van der Waals surface area contributed by atoms with Gasteiger partial charge in [0.05, 0.1) is 5.69 Å². The fraction of sp³-hybridized carbons (Fsp3) is 0.0435. The summed E-state index contributed by atoms with van der Waals surface area (Å²) in [5, 5.41) is 14.5. The molecular formula is C23H18N2O3. The van der Waals surface area contributed by atoms with Crippen LogP contribution in [0.1, 0.15) is 15.9 Å². The molecule has 0 radical (unpaired) electrons. The molecule has 4 aromatic rings. The van der Waals surface area contributed by atoms with E-state index in [0.717, 1.165) is 16.8 Å². The largest absolute Gasteiger partial charge is 0.477 e. The first kappa shape index (κ1) is 17.5. The van der Waals surface area contributed by atoms with Crippen molar-refractivity contribution in [1.29, 1.82) is 0 Å². The maximum Gasteiger partial charge on any atom is 0.343 e. The zero-order valence-electron chi connectivity index (χ0n) is 15.0. The predicted molar refractivity (Wildman–Crippen MR) is 107 cm³/mol. The van der Waals surface area contributed by atoms with Crippen LogP contribution in [0.15, 0.2) is 91.0 Å². The Morgan fingerprint density at radius 3 is 2.04 bits per heavy atom. The van der Waals surface area contributed by atoms with Gasteiger partial charge in [-0.25, -0.2) is 4.79 Å². The van der Waals surface area contributed by atoms with Crippen LogP contribution in [0.5, 0.6) is 5.88 Å². The van der Waals surface area contributed by atoms with Crippen molar-refractivity contribution in [3.63, 3.8) is 0 Å². The lowest BCUT2D eigenvalue weighted by Crippen LogP contribution is -2.06. The fourth-order valence-corrected chi connectivity index (χ4v) is 3.00. The van der Waals surface area contributed by atoms with Gasteiger partial charge in [0, 0.05) is 5.56 Å². The zero-order valence-corrected chi connectivity index (χ0v) is 15.0. The molecule has 0 aliphatic heterocycles. The monoisotopic (exact) mass is 370 g/mol. The van der Waals surface area contributed by atoms with Crippen LogP contribution in [0.25, 0.3) is 16.9 Å². The van der Waals surface area contributed by atoms with Crippen molar-refractivity contribution in [1.82, 2.24) is 9.78 Å². The maximum absolute atomic E-state index is 12.1. The van der Waals surface area contributed by atoms with E-state index in [1.807, 2.05) is 91.0 Å². The Morgan fingerprint density at radius 1 is 0.857 bits per heavy atom. The summed E-state index contributed by atoms with van der Waals surface area (Å²) >= 11 is 0. The summed E-state index contributed by atoms with van der Waals surface area (Å²) in [6.45, 7) is 0.244. The van der Waals surface area contributed by atoms with Crippen LogP contribution in [0.4, 0.5) is 0 Å². The van der Waals surface area contributed by atoms with Gasteiger partial charge in [-0.05, 0) is 17.7 Å². The van der Waals surface area contributed by atoms with Gasteiger partial charge < -0.3 is 9.84 Å². The van der Waals surface area contributed by atoms with Crippen molar-refractivity contribution in [2.45, 2.75) is 6.61 Å². The van der Waals surface area contributed by atoms with Crippen LogP contribution < -0.4 is 4.74 Å². The minimum absolute atomic E-state index is 0.0472. The smallest absolute Gasteiger partial charge is 0.343 e. The molecular weight excluding hydrogens is 352 g/mol. The second-order valence-electron chi connectivity index (χ2n) is 6.22. The van der Waals surface area contributed by atoms with Crippen LogP contribution in [0.2, 0.25) is 0 Å². The molecule has 5 nitrogen and oxygen atoms in total. The first-order valence-corrected chi connectivity index (χ1v) is 8.88. The third-order valence-corrected chi connectivity index (χ3v) is 4.32. The molecule has 0 fully saturated rings. The van der Waals surface area contributed by atoms with Crippen LogP contribution in [-0.4, -0.2) is 20.9 Å². The summed E-state index contributed by atoms with van der Waals surface area (Å²) in [6.07, 6.45) is 0. The molecule has 0 saturated carbocycles. The number of carbonyl (C=O) groups is 1. The van der Waals surface area contributed by atoms with Crippen molar-refractivity contribution in [3.8, 4) is 22.8 Å². The Kier molecular flexibility index (Phi) is 4.89. The average molecular weight is 370 g/mol. The van der Waals surface area contributed by atoms with E-state index in [0.29, 0.717) is 5.69 Å². The van der Waals surface area contributed by atoms with E-state index in [2.05, 4.69) is 5.10 Å². The molecule has 0 unspecified atom stereocenters. The Bertz CT molecular complexity index is 1080. The van der Waals surface area contributed by atoms with E-state index in [1.54, 1.807) is 4.68 Å². The molecule has 3 aromatic carbocycles. The molecule has 1 N–H and O–H groups in total. The van der Waals surface area contributed by atoms with E-state index in [9.17, 15) is 9.90 Å². The van der Waals surface area contributed by atoms with Gasteiger partial charge in [-0.1, -0.05) is 78.9 Å². The molecule has 4 rings (SSSR count). The number of aromatic nitrogens is 2. The molecule has 0 aliphatic rings. The standard InChI is InChI=1S/C23H18N2O3/c26-23(27)20-21(18-12-6-2-7-13-18)24-25(19-14-8-3-9-15-19)22(20)28-16-17-10-4-1-5-11-17/h1-15H,16H2,(H,26,27). The minimum atomic E-state index is -1.08. The van der Waals surface area contributed by atoms with E-state index < -0.39 is 5.97 Å². The third-order valence-electron chi connectivity index (χ3n) is 4.32. The normalized spacial score (nSPS) is 10.6. The first-order valence-electron chi connectivity index (χ1n) is 8.88. The molecule has 0 aliphatic carbocycles. The number of hydrogen-bond donors (Lipinski definition) is 1. The van der Waals surface area contributed by atoms with Gasteiger partial charge in [-0.15, -0.1) is 0 Å². The second kappa shape index (κ2) is 7.80. The molecule has 0 atom stereocenters. The number of hydrogen-bond acceptors (Lipinski definition) is 3.